The molecule has 2 amide bonds. The maximum atomic E-state index is 12.2. The second-order valence-electron chi connectivity index (χ2n) is 6.95. The number of carbonyl (C=O) groups excluding carboxylic acids is 1. The molecule has 0 bridgehead atoms. The van der Waals surface area contributed by atoms with E-state index in [9.17, 15) is 4.79 Å². The standard InChI is InChI=1S/C24H23N3O2S/c1-3-29-20-11-5-17(6-12-20)15-25-24(28)26-19-9-7-18(8-10-19)23-27-21-13-4-16(2)14-22(21)30-23/h4-14H,3,15H2,1-2H3,(H2,25,26,28). The Bertz CT molecular complexity index is 1150. The van der Waals surface area contributed by atoms with Gasteiger partial charge in [0.15, 0.2) is 0 Å². The van der Waals surface area contributed by atoms with E-state index in [1.807, 2.05) is 55.5 Å². The van der Waals surface area contributed by atoms with Gasteiger partial charge in [0.05, 0.1) is 16.8 Å². The predicted molar refractivity (Wildman–Crippen MR) is 123 cm³/mol. The van der Waals surface area contributed by atoms with Crippen molar-refractivity contribution in [1.82, 2.24) is 10.3 Å². The highest BCUT2D eigenvalue weighted by Crippen LogP contribution is 2.31. The van der Waals surface area contributed by atoms with Crippen LogP contribution in [0.3, 0.4) is 0 Å². The number of anilines is 1. The smallest absolute Gasteiger partial charge is 0.319 e. The van der Waals surface area contributed by atoms with Crippen molar-refractivity contribution in [1.29, 1.82) is 0 Å². The topological polar surface area (TPSA) is 63.2 Å². The van der Waals surface area contributed by atoms with Crippen LogP contribution in [-0.4, -0.2) is 17.6 Å². The number of benzene rings is 3. The van der Waals surface area contributed by atoms with Gasteiger partial charge in [0, 0.05) is 17.8 Å². The van der Waals surface area contributed by atoms with Crippen LogP contribution in [0, 0.1) is 6.92 Å². The fourth-order valence-electron chi connectivity index (χ4n) is 3.08. The highest BCUT2D eigenvalue weighted by molar-refractivity contribution is 7.21. The molecule has 0 saturated heterocycles. The van der Waals surface area contributed by atoms with Gasteiger partial charge in [0.1, 0.15) is 10.8 Å². The summed E-state index contributed by atoms with van der Waals surface area (Å²) in [5, 5.41) is 6.71. The van der Waals surface area contributed by atoms with Crippen LogP contribution in [0.1, 0.15) is 18.1 Å². The number of fused-ring (bicyclic) bond motifs is 1. The first-order valence-corrected chi connectivity index (χ1v) is 10.7. The molecule has 0 aliphatic rings. The molecule has 1 aromatic heterocycles. The number of carbonyl (C=O) groups is 1. The number of aryl methyl sites for hydroxylation is 1. The van der Waals surface area contributed by atoms with Crippen LogP contribution in [0.25, 0.3) is 20.8 Å². The number of nitrogens with one attached hydrogen (secondary N) is 2. The lowest BCUT2D eigenvalue weighted by atomic mass is 10.2. The number of rotatable bonds is 6. The molecule has 5 nitrogen and oxygen atoms in total. The number of hydrogen-bond acceptors (Lipinski definition) is 4. The predicted octanol–water partition coefficient (Wildman–Crippen LogP) is 5.99. The van der Waals surface area contributed by atoms with Crippen molar-refractivity contribution < 1.29 is 9.53 Å². The van der Waals surface area contributed by atoms with Gasteiger partial charge in [-0.2, -0.15) is 0 Å². The molecule has 4 aromatic rings. The number of aromatic nitrogens is 1. The Labute approximate surface area is 179 Å². The number of ether oxygens (including phenoxy) is 1. The number of urea groups is 1. The molecule has 0 radical (unpaired) electrons. The van der Waals surface area contributed by atoms with E-state index < -0.39 is 0 Å². The van der Waals surface area contributed by atoms with Crippen LogP contribution >= 0.6 is 11.3 Å². The largest absolute Gasteiger partial charge is 0.494 e. The van der Waals surface area contributed by atoms with Gasteiger partial charge in [0.2, 0.25) is 0 Å². The van der Waals surface area contributed by atoms with Crippen LogP contribution in [0.4, 0.5) is 10.5 Å². The van der Waals surface area contributed by atoms with Gasteiger partial charge >= 0.3 is 6.03 Å². The molecule has 0 spiro atoms. The number of thiazole rings is 1. The molecule has 3 aromatic carbocycles. The third-order valence-electron chi connectivity index (χ3n) is 4.62. The Balaban J connectivity index is 1.35. The lowest BCUT2D eigenvalue weighted by molar-refractivity contribution is 0.251. The maximum absolute atomic E-state index is 12.2. The monoisotopic (exact) mass is 417 g/mol. The first-order chi connectivity index (χ1) is 14.6. The maximum Gasteiger partial charge on any atom is 0.319 e. The van der Waals surface area contributed by atoms with Gasteiger partial charge < -0.3 is 15.4 Å². The van der Waals surface area contributed by atoms with Crippen molar-refractivity contribution in [2.24, 2.45) is 0 Å². The Morgan fingerprint density at radius 2 is 1.80 bits per heavy atom. The van der Waals surface area contributed by atoms with E-state index in [-0.39, 0.29) is 6.03 Å². The molecule has 30 heavy (non-hydrogen) atoms. The summed E-state index contributed by atoms with van der Waals surface area (Å²) >= 11 is 1.67. The van der Waals surface area contributed by atoms with E-state index in [0.717, 1.165) is 33.1 Å². The fraction of sp³-hybridized carbons (Fsp3) is 0.167. The van der Waals surface area contributed by atoms with Crippen LogP contribution in [0.15, 0.2) is 66.7 Å². The van der Waals surface area contributed by atoms with E-state index in [1.54, 1.807) is 11.3 Å². The lowest BCUT2D eigenvalue weighted by Crippen LogP contribution is -2.28. The molecule has 4 rings (SSSR count). The molecule has 0 aliphatic carbocycles. The fourth-order valence-corrected chi connectivity index (χ4v) is 4.15. The number of amides is 2. The zero-order valence-electron chi connectivity index (χ0n) is 16.9. The average Bonchev–Trinajstić information content (AvgIpc) is 3.17. The van der Waals surface area contributed by atoms with Crippen molar-refractivity contribution in [3.8, 4) is 16.3 Å². The molecule has 1 heterocycles. The molecule has 152 valence electrons. The summed E-state index contributed by atoms with van der Waals surface area (Å²) < 4.78 is 6.61. The molecule has 0 unspecified atom stereocenters. The Morgan fingerprint density at radius 1 is 1.03 bits per heavy atom. The van der Waals surface area contributed by atoms with Crippen LogP contribution in [0.2, 0.25) is 0 Å². The van der Waals surface area contributed by atoms with Gasteiger partial charge in [-0.1, -0.05) is 18.2 Å². The molecule has 2 N–H and O–H groups in total. The Morgan fingerprint density at radius 3 is 2.53 bits per heavy atom. The summed E-state index contributed by atoms with van der Waals surface area (Å²) in [4.78, 5) is 16.9. The summed E-state index contributed by atoms with van der Waals surface area (Å²) in [6, 6.07) is 21.5. The van der Waals surface area contributed by atoms with Crippen molar-refractivity contribution in [2.45, 2.75) is 20.4 Å². The molecular weight excluding hydrogens is 394 g/mol. The number of hydrogen-bond donors (Lipinski definition) is 2. The van der Waals surface area contributed by atoms with Gasteiger partial charge in [-0.05, 0) is 73.5 Å². The first-order valence-electron chi connectivity index (χ1n) is 9.85. The third kappa shape index (κ3) is 4.78. The minimum atomic E-state index is -0.243. The minimum absolute atomic E-state index is 0.243. The first kappa shape index (κ1) is 19.9. The van der Waals surface area contributed by atoms with Crippen molar-refractivity contribution in [3.63, 3.8) is 0 Å². The number of nitrogens with zero attached hydrogens (tertiary/aromatic N) is 1. The SMILES string of the molecule is CCOc1ccc(CNC(=O)Nc2ccc(-c3nc4ccc(C)cc4s3)cc2)cc1. The van der Waals surface area contributed by atoms with E-state index in [4.69, 9.17) is 9.72 Å². The van der Waals surface area contributed by atoms with Crippen LogP contribution in [0.5, 0.6) is 5.75 Å². The highest BCUT2D eigenvalue weighted by atomic mass is 32.1. The summed E-state index contributed by atoms with van der Waals surface area (Å²) in [6.45, 7) is 5.12. The highest BCUT2D eigenvalue weighted by Gasteiger charge is 2.08. The van der Waals surface area contributed by atoms with Crippen LogP contribution < -0.4 is 15.4 Å². The molecule has 0 aliphatic heterocycles. The van der Waals surface area contributed by atoms with E-state index in [2.05, 4.69) is 35.8 Å². The molecular formula is C24H23N3O2S. The van der Waals surface area contributed by atoms with Gasteiger partial charge in [-0.15, -0.1) is 11.3 Å². The summed E-state index contributed by atoms with van der Waals surface area (Å²) in [6.07, 6.45) is 0. The van der Waals surface area contributed by atoms with E-state index >= 15 is 0 Å². The van der Waals surface area contributed by atoms with Crippen LogP contribution in [-0.2, 0) is 6.54 Å². The normalized spacial score (nSPS) is 10.7. The molecule has 0 atom stereocenters. The summed E-state index contributed by atoms with van der Waals surface area (Å²) in [7, 11) is 0. The van der Waals surface area contributed by atoms with E-state index in [0.29, 0.717) is 13.2 Å². The molecule has 6 heteroatoms. The van der Waals surface area contributed by atoms with Gasteiger partial charge in [-0.25, -0.2) is 9.78 Å². The molecule has 0 fully saturated rings. The summed E-state index contributed by atoms with van der Waals surface area (Å²) in [5.41, 5.74) is 5.02. The second kappa shape index (κ2) is 8.97. The lowest BCUT2D eigenvalue weighted by Gasteiger charge is -2.09. The average molecular weight is 418 g/mol. The quantitative estimate of drug-likeness (QED) is 0.405. The Kier molecular flexibility index (Phi) is 5.95. The van der Waals surface area contributed by atoms with E-state index in [1.165, 1.54) is 10.3 Å². The molecule has 0 saturated carbocycles. The Hall–Kier alpha value is -3.38. The van der Waals surface area contributed by atoms with Crippen molar-refractivity contribution in [2.75, 3.05) is 11.9 Å². The van der Waals surface area contributed by atoms with Gasteiger partial charge in [-0.3, -0.25) is 0 Å². The third-order valence-corrected chi connectivity index (χ3v) is 5.69. The van der Waals surface area contributed by atoms with Crippen molar-refractivity contribution >= 4 is 33.3 Å². The zero-order valence-corrected chi connectivity index (χ0v) is 17.8. The summed E-state index contributed by atoms with van der Waals surface area (Å²) in [5.74, 6) is 0.828. The van der Waals surface area contributed by atoms with Gasteiger partial charge in [0.25, 0.3) is 0 Å². The van der Waals surface area contributed by atoms with Crippen molar-refractivity contribution in [3.05, 3.63) is 77.9 Å². The second-order valence-corrected chi connectivity index (χ2v) is 7.98. The zero-order chi connectivity index (χ0) is 20.9. The minimum Gasteiger partial charge on any atom is -0.494 e.